The Balaban J connectivity index is 2.85. The summed E-state index contributed by atoms with van der Waals surface area (Å²) in [5, 5.41) is 11.6. The molecule has 1 rings (SSSR count). The van der Waals surface area contributed by atoms with Gasteiger partial charge in [-0.1, -0.05) is 26.0 Å². The van der Waals surface area contributed by atoms with Crippen LogP contribution in [0.25, 0.3) is 0 Å². The molecule has 1 aromatic carbocycles. The summed E-state index contributed by atoms with van der Waals surface area (Å²) < 4.78 is 23.8. The minimum atomic E-state index is -3.51. The number of carboxylic acid groups (broad SMARTS) is 1. The Morgan fingerprint density at radius 2 is 1.79 bits per heavy atom. The van der Waals surface area contributed by atoms with Crippen molar-refractivity contribution in [3.63, 3.8) is 0 Å². The van der Waals surface area contributed by atoms with Gasteiger partial charge in [0.1, 0.15) is 5.75 Å². The van der Waals surface area contributed by atoms with Gasteiger partial charge in [0.05, 0.1) is 18.2 Å². The van der Waals surface area contributed by atoms with E-state index < -0.39 is 33.5 Å². The highest BCUT2D eigenvalue weighted by Gasteiger charge is 2.23. The molecule has 2 N–H and O–H groups in total. The van der Waals surface area contributed by atoms with Crippen molar-refractivity contribution in [2.75, 3.05) is 17.8 Å². The number of hydrogen-bond donors (Lipinski definition) is 2. The number of carbonyl (C=O) groups is 2. The maximum Gasteiger partial charge on any atom is 0.305 e. The number of rotatable bonds is 9. The fourth-order valence-corrected chi connectivity index (χ4v) is 4.29. The number of sulfone groups is 1. The molecule has 1 unspecified atom stereocenters. The van der Waals surface area contributed by atoms with Gasteiger partial charge < -0.3 is 10.4 Å². The number of benzene rings is 1. The summed E-state index contributed by atoms with van der Waals surface area (Å²) >= 11 is 1.55. The molecule has 0 bridgehead atoms. The Kier molecular flexibility index (Phi) is 7.75. The van der Waals surface area contributed by atoms with Crippen LogP contribution in [0.1, 0.15) is 31.9 Å². The predicted octanol–water partition coefficient (Wildman–Crippen LogP) is 2.11. The minimum Gasteiger partial charge on any atom is -0.481 e. The van der Waals surface area contributed by atoms with Crippen LogP contribution < -0.4 is 5.32 Å². The first-order valence-electron chi connectivity index (χ1n) is 7.48. The molecule has 0 aliphatic carbocycles. The summed E-state index contributed by atoms with van der Waals surface area (Å²) in [4.78, 5) is 24.1. The summed E-state index contributed by atoms with van der Waals surface area (Å²) in [5.41, 5.74) is 0.629. The first-order valence-corrected chi connectivity index (χ1v) is 10.5. The minimum absolute atomic E-state index is 0.0725. The van der Waals surface area contributed by atoms with Crippen LogP contribution in [0.5, 0.6) is 0 Å². The zero-order valence-electron chi connectivity index (χ0n) is 14.0. The normalized spacial score (nSPS) is 12.8. The van der Waals surface area contributed by atoms with Gasteiger partial charge in [-0.2, -0.15) is 0 Å². The van der Waals surface area contributed by atoms with Crippen LogP contribution in [-0.2, 0) is 19.4 Å². The maximum absolute atomic E-state index is 12.0. The van der Waals surface area contributed by atoms with E-state index in [0.717, 1.165) is 4.90 Å². The topological polar surface area (TPSA) is 101 Å². The smallest absolute Gasteiger partial charge is 0.305 e. The molecule has 0 aliphatic rings. The van der Waals surface area contributed by atoms with Crippen LogP contribution in [0.2, 0.25) is 0 Å². The molecule has 1 atom stereocenters. The molecule has 0 heterocycles. The molecule has 0 saturated heterocycles. The van der Waals surface area contributed by atoms with Crippen LogP contribution in [0, 0.1) is 5.92 Å². The Hall–Kier alpha value is -1.54. The number of carbonyl (C=O) groups excluding carboxylic acids is 1. The van der Waals surface area contributed by atoms with Crippen molar-refractivity contribution in [3.05, 3.63) is 29.8 Å². The second kappa shape index (κ2) is 9.08. The molecule has 8 heteroatoms. The molecule has 0 aromatic heterocycles. The molecule has 6 nitrogen and oxygen atoms in total. The van der Waals surface area contributed by atoms with Gasteiger partial charge >= 0.3 is 5.97 Å². The monoisotopic (exact) mass is 373 g/mol. The van der Waals surface area contributed by atoms with Gasteiger partial charge in [0, 0.05) is 4.90 Å². The second-order valence-corrected chi connectivity index (χ2v) is 8.93. The van der Waals surface area contributed by atoms with Crippen LogP contribution in [0.15, 0.2) is 29.2 Å². The predicted molar refractivity (Wildman–Crippen MR) is 94.9 cm³/mol. The summed E-state index contributed by atoms with van der Waals surface area (Å²) in [6.07, 6.45) is 1.61. The van der Waals surface area contributed by atoms with E-state index in [1.807, 2.05) is 18.4 Å². The van der Waals surface area contributed by atoms with Crippen molar-refractivity contribution >= 4 is 33.5 Å². The molecule has 24 heavy (non-hydrogen) atoms. The Morgan fingerprint density at radius 3 is 2.25 bits per heavy atom. The summed E-state index contributed by atoms with van der Waals surface area (Å²) in [6, 6.07) is 6.37. The fourth-order valence-electron chi connectivity index (χ4n) is 2.27. The van der Waals surface area contributed by atoms with Gasteiger partial charge in [-0.3, -0.25) is 9.59 Å². The Labute approximate surface area is 146 Å². The molecular weight excluding hydrogens is 350 g/mol. The molecule has 0 spiro atoms. The van der Waals surface area contributed by atoms with E-state index >= 15 is 0 Å². The van der Waals surface area contributed by atoms with Gasteiger partial charge in [0.25, 0.3) is 0 Å². The highest BCUT2D eigenvalue weighted by atomic mass is 32.2. The van der Waals surface area contributed by atoms with Gasteiger partial charge in [-0.15, -0.1) is 11.8 Å². The van der Waals surface area contributed by atoms with Crippen molar-refractivity contribution in [2.45, 2.75) is 31.2 Å². The third-order valence-electron chi connectivity index (χ3n) is 3.17. The quantitative estimate of drug-likeness (QED) is 0.643. The summed E-state index contributed by atoms with van der Waals surface area (Å²) in [7, 11) is -3.51. The number of aliphatic carboxylic acids is 1. The summed E-state index contributed by atoms with van der Waals surface area (Å²) in [6.45, 7) is 3.52. The number of amides is 1. The van der Waals surface area contributed by atoms with E-state index in [2.05, 4.69) is 5.32 Å². The van der Waals surface area contributed by atoms with E-state index in [9.17, 15) is 18.0 Å². The molecule has 134 valence electrons. The molecule has 0 fully saturated rings. The SMILES string of the molecule is CSc1ccc(C(CC(=O)O)NC(=O)CS(=O)(=O)CC(C)C)cc1. The van der Waals surface area contributed by atoms with Crippen molar-refractivity contribution in [1.82, 2.24) is 5.32 Å². The third kappa shape index (κ3) is 7.35. The van der Waals surface area contributed by atoms with Crippen LogP contribution in [-0.4, -0.2) is 43.2 Å². The van der Waals surface area contributed by atoms with E-state index in [4.69, 9.17) is 5.11 Å². The number of nitrogens with one attached hydrogen (secondary N) is 1. The molecule has 1 amide bonds. The largest absolute Gasteiger partial charge is 0.481 e. The molecule has 0 saturated carbocycles. The Bertz CT molecular complexity index is 668. The first kappa shape index (κ1) is 20.5. The number of thioether (sulfide) groups is 1. The van der Waals surface area contributed by atoms with Crippen molar-refractivity contribution in [3.8, 4) is 0 Å². The van der Waals surface area contributed by atoms with Crippen LogP contribution in [0.4, 0.5) is 0 Å². The lowest BCUT2D eigenvalue weighted by atomic mass is 10.0. The van der Waals surface area contributed by atoms with E-state index in [1.165, 1.54) is 0 Å². The zero-order valence-corrected chi connectivity index (χ0v) is 15.6. The van der Waals surface area contributed by atoms with Gasteiger partial charge in [-0.05, 0) is 29.9 Å². The van der Waals surface area contributed by atoms with E-state index in [1.54, 1.807) is 37.7 Å². The lowest BCUT2D eigenvalue weighted by Crippen LogP contribution is -2.35. The average molecular weight is 373 g/mol. The van der Waals surface area contributed by atoms with Crippen LogP contribution >= 0.6 is 11.8 Å². The third-order valence-corrected chi connectivity index (χ3v) is 5.79. The highest BCUT2D eigenvalue weighted by molar-refractivity contribution is 7.98. The van der Waals surface area contributed by atoms with Crippen molar-refractivity contribution < 1.29 is 23.1 Å². The van der Waals surface area contributed by atoms with E-state index in [0.29, 0.717) is 5.56 Å². The fraction of sp³-hybridized carbons (Fsp3) is 0.500. The number of carboxylic acids is 1. The van der Waals surface area contributed by atoms with Gasteiger partial charge in [0.15, 0.2) is 9.84 Å². The second-order valence-electron chi connectivity index (χ2n) is 5.94. The zero-order chi connectivity index (χ0) is 18.3. The Morgan fingerprint density at radius 1 is 1.21 bits per heavy atom. The average Bonchev–Trinajstić information content (AvgIpc) is 2.44. The van der Waals surface area contributed by atoms with Crippen molar-refractivity contribution in [1.29, 1.82) is 0 Å². The van der Waals surface area contributed by atoms with E-state index in [-0.39, 0.29) is 18.1 Å². The van der Waals surface area contributed by atoms with Crippen molar-refractivity contribution in [2.24, 2.45) is 5.92 Å². The summed E-state index contributed by atoms with van der Waals surface area (Å²) in [5.74, 6) is -2.54. The number of hydrogen-bond acceptors (Lipinski definition) is 5. The molecule has 1 aromatic rings. The first-order chi connectivity index (χ1) is 11.1. The standard InChI is InChI=1S/C16H23NO5S2/c1-11(2)9-24(21,22)10-15(18)17-14(8-16(19)20)12-4-6-13(23-3)7-5-12/h4-7,11,14H,8-10H2,1-3H3,(H,17,18)(H,19,20). The molecule has 0 radical (unpaired) electrons. The van der Waals surface area contributed by atoms with Crippen LogP contribution in [0.3, 0.4) is 0 Å². The molecule has 0 aliphatic heterocycles. The van der Waals surface area contributed by atoms with Gasteiger partial charge in [0.2, 0.25) is 5.91 Å². The maximum atomic E-state index is 12.0. The molecular formula is C16H23NO5S2. The lowest BCUT2D eigenvalue weighted by molar-refractivity contribution is -0.137. The van der Waals surface area contributed by atoms with Gasteiger partial charge in [-0.25, -0.2) is 8.42 Å². The highest BCUT2D eigenvalue weighted by Crippen LogP contribution is 2.21. The lowest BCUT2D eigenvalue weighted by Gasteiger charge is -2.18.